The number of imidazole rings is 1. The SMILES string of the molecule is CCc1nccn1CC(=O)N1CCC(C2CCCCC2)C1. The van der Waals surface area contributed by atoms with Crippen LogP contribution in [0, 0.1) is 11.8 Å². The first-order chi connectivity index (χ1) is 10.3. The van der Waals surface area contributed by atoms with Crippen molar-refractivity contribution in [2.45, 2.75) is 58.4 Å². The summed E-state index contributed by atoms with van der Waals surface area (Å²) in [4.78, 5) is 18.9. The van der Waals surface area contributed by atoms with E-state index in [1.807, 2.05) is 10.8 Å². The summed E-state index contributed by atoms with van der Waals surface area (Å²) in [6.07, 6.45) is 12.8. The maximum absolute atomic E-state index is 12.5. The van der Waals surface area contributed by atoms with Crippen molar-refractivity contribution in [3.63, 3.8) is 0 Å². The Labute approximate surface area is 127 Å². The molecule has 1 aromatic heterocycles. The van der Waals surface area contributed by atoms with E-state index >= 15 is 0 Å². The van der Waals surface area contributed by atoms with E-state index in [1.54, 1.807) is 6.20 Å². The highest BCUT2D eigenvalue weighted by molar-refractivity contribution is 5.76. The summed E-state index contributed by atoms with van der Waals surface area (Å²) in [5.74, 6) is 2.89. The number of likely N-dealkylation sites (tertiary alicyclic amines) is 1. The van der Waals surface area contributed by atoms with Crippen LogP contribution in [0.3, 0.4) is 0 Å². The number of aromatic nitrogens is 2. The van der Waals surface area contributed by atoms with Crippen molar-refractivity contribution >= 4 is 5.91 Å². The third kappa shape index (κ3) is 3.30. The fraction of sp³-hybridized carbons (Fsp3) is 0.765. The minimum absolute atomic E-state index is 0.265. The van der Waals surface area contributed by atoms with Gasteiger partial charge in [-0.3, -0.25) is 4.79 Å². The number of hydrogen-bond donors (Lipinski definition) is 0. The first-order valence-electron chi connectivity index (χ1n) is 8.55. The summed E-state index contributed by atoms with van der Waals surface area (Å²) in [7, 11) is 0. The minimum Gasteiger partial charge on any atom is -0.341 e. The van der Waals surface area contributed by atoms with Gasteiger partial charge in [-0.1, -0.05) is 39.0 Å². The number of amides is 1. The van der Waals surface area contributed by atoms with Crippen LogP contribution in [0.2, 0.25) is 0 Å². The monoisotopic (exact) mass is 289 g/mol. The fourth-order valence-corrected chi connectivity index (χ4v) is 4.05. The van der Waals surface area contributed by atoms with E-state index in [9.17, 15) is 4.79 Å². The highest BCUT2D eigenvalue weighted by Crippen LogP contribution is 2.35. The zero-order valence-electron chi connectivity index (χ0n) is 13.1. The summed E-state index contributed by atoms with van der Waals surface area (Å²) >= 11 is 0. The molecule has 1 saturated carbocycles. The molecule has 0 bridgehead atoms. The van der Waals surface area contributed by atoms with Crippen LogP contribution in [-0.4, -0.2) is 33.4 Å². The second-order valence-corrected chi connectivity index (χ2v) is 6.61. The average Bonchev–Trinajstić information content (AvgIpc) is 3.17. The summed E-state index contributed by atoms with van der Waals surface area (Å²) in [6.45, 7) is 4.48. The van der Waals surface area contributed by atoms with Crippen LogP contribution in [-0.2, 0) is 17.8 Å². The summed E-state index contributed by atoms with van der Waals surface area (Å²) in [5, 5.41) is 0. The molecule has 21 heavy (non-hydrogen) atoms. The molecule has 2 fully saturated rings. The predicted octanol–water partition coefficient (Wildman–Crippen LogP) is 2.87. The Kier molecular flexibility index (Phi) is 4.61. The van der Waals surface area contributed by atoms with Crippen molar-refractivity contribution in [1.29, 1.82) is 0 Å². The standard InChI is InChI=1S/C17H27N3O/c1-2-16-18-9-11-19(16)13-17(21)20-10-8-15(12-20)14-6-4-3-5-7-14/h9,11,14-15H,2-8,10,12-13H2,1H3. The highest BCUT2D eigenvalue weighted by atomic mass is 16.2. The number of nitrogens with zero attached hydrogens (tertiary/aromatic N) is 3. The van der Waals surface area contributed by atoms with Crippen molar-refractivity contribution in [2.75, 3.05) is 13.1 Å². The second-order valence-electron chi connectivity index (χ2n) is 6.61. The molecule has 0 N–H and O–H groups in total. The molecular formula is C17H27N3O. The van der Waals surface area contributed by atoms with Gasteiger partial charge >= 0.3 is 0 Å². The number of carbonyl (C=O) groups is 1. The fourth-order valence-electron chi connectivity index (χ4n) is 4.05. The molecule has 4 heteroatoms. The zero-order valence-corrected chi connectivity index (χ0v) is 13.1. The van der Waals surface area contributed by atoms with E-state index in [4.69, 9.17) is 0 Å². The van der Waals surface area contributed by atoms with E-state index in [-0.39, 0.29) is 5.91 Å². The average molecular weight is 289 g/mol. The van der Waals surface area contributed by atoms with Crippen LogP contribution < -0.4 is 0 Å². The lowest BCUT2D eigenvalue weighted by Gasteiger charge is -2.27. The van der Waals surface area contributed by atoms with Crippen molar-refractivity contribution in [2.24, 2.45) is 11.8 Å². The predicted molar refractivity (Wildman–Crippen MR) is 82.9 cm³/mol. The Morgan fingerprint density at radius 1 is 1.24 bits per heavy atom. The van der Waals surface area contributed by atoms with E-state index < -0.39 is 0 Å². The first-order valence-corrected chi connectivity index (χ1v) is 8.55. The van der Waals surface area contributed by atoms with Crippen molar-refractivity contribution in [3.8, 4) is 0 Å². The van der Waals surface area contributed by atoms with E-state index in [0.29, 0.717) is 6.54 Å². The molecule has 2 aliphatic rings. The molecule has 0 aromatic carbocycles. The third-order valence-electron chi connectivity index (χ3n) is 5.32. The molecule has 4 nitrogen and oxygen atoms in total. The van der Waals surface area contributed by atoms with E-state index in [2.05, 4.69) is 16.8 Å². The van der Waals surface area contributed by atoms with Gasteiger partial charge in [-0.05, 0) is 18.3 Å². The Morgan fingerprint density at radius 2 is 2.05 bits per heavy atom. The molecular weight excluding hydrogens is 262 g/mol. The van der Waals surface area contributed by atoms with Crippen molar-refractivity contribution in [1.82, 2.24) is 14.5 Å². The van der Waals surface area contributed by atoms with Crippen LogP contribution in [0.5, 0.6) is 0 Å². The summed E-state index contributed by atoms with van der Waals surface area (Å²) in [5.41, 5.74) is 0. The molecule has 1 aromatic rings. The normalized spacial score (nSPS) is 23.7. The molecule has 1 unspecified atom stereocenters. The van der Waals surface area contributed by atoms with Gasteiger partial charge in [0.1, 0.15) is 12.4 Å². The van der Waals surface area contributed by atoms with Crippen LogP contribution in [0.4, 0.5) is 0 Å². The van der Waals surface area contributed by atoms with Gasteiger partial charge in [-0.25, -0.2) is 4.98 Å². The number of aryl methyl sites for hydroxylation is 1. The molecule has 1 aliphatic heterocycles. The van der Waals surface area contributed by atoms with Gasteiger partial charge in [0.15, 0.2) is 0 Å². The van der Waals surface area contributed by atoms with Gasteiger partial charge in [0, 0.05) is 31.9 Å². The largest absolute Gasteiger partial charge is 0.341 e. The lowest BCUT2D eigenvalue weighted by molar-refractivity contribution is -0.131. The van der Waals surface area contributed by atoms with E-state index in [1.165, 1.54) is 38.5 Å². The van der Waals surface area contributed by atoms with Gasteiger partial charge in [-0.15, -0.1) is 0 Å². The van der Waals surface area contributed by atoms with Crippen LogP contribution in [0.1, 0.15) is 51.3 Å². The lowest BCUT2D eigenvalue weighted by Crippen LogP contribution is -2.33. The molecule has 0 radical (unpaired) electrons. The van der Waals surface area contributed by atoms with Crippen molar-refractivity contribution in [3.05, 3.63) is 18.2 Å². The van der Waals surface area contributed by atoms with Crippen LogP contribution in [0.15, 0.2) is 12.4 Å². The molecule has 116 valence electrons. The first kappa shape index (κ1) is 14.6. The Bertz CT molecular complexity index is 476. The highest BCUT2D eigenvalue weighted by Gasteiger charge is 2.32. The third-order valence-corrected chi connectivity index (χ3v) is 5.32. The molecule has 1 amide bonds. The maximum atomic E-state index is 12.5. The summed E-state index contributed by atoms with van der Waals surface area (Å²) in [6, 6.07) is 0. The molecule has 1 saturated heterocycles. The minimum atomic E-state index is 0.265. The Balaban J connectivity index is 1.54. The Hall–Kier alpha value is -1.32. The van der Waals surface area contributed by atoms with Gasteiger partial charge in [0.05, 0.1) is 0 Å². The maximum Gasteiger partial charge on any atom is 0.242 e. The van der Waals surface area contributed by atoms with Gasteiger partial charge in [-0.2, -0.15) is 0 Å². The van der Waals surface area contributed by atoms with E-state index in [0.717, 1.165) is 37.2 Å². The molecule has 1 atom stereocenters. The van der Waals surface area contributed by atoms with Gasteiger partial charge in [0.2, 0.25) is 5.91 Å². The zero-order chi connectivity index (χ0) is 14.7. The number of hydrogen-bond acceptors (Lipinski definition) is 2. The molecule has 0 spiro atoms. The quantitative estimate of drug-likeness (QED) is 0.855. The summed E-state index contributed by atoms with van der Waals surface area (Å²) < 4.78 is 2.00. The topological polar surface area (TPSA) is 38.1 Å². The Morgan fingerprint density at radius 3 is 2.81 bits per heavy atom. The van der Waals surface area contributed by atoms with Crippen LogP contribution >= 0.6 is 0 Å². The smallest absolute Gasteiger partial charge is 0.242 e. The lowest BCUT2D eigenvalue weighted by atomic mass is 9.80. The number of rotatable bonds is 4. The van der Waals surface area contributed by atoms with Crippen molar-refractivity contribution < 1.29 is 4.79 Å². The molecule has 1 aliphatic carbocycles. The van der Waals surface area contributed by atoms with Crippen LogP contribution in [0.25, 0.3) is 0 Å². The van der Waals surface area contributed by atoms with Gasteiger partial charge in [0.25, 0.3) is 0 Å². The second kappa shape index (κ2) is 6.63. The molecule has 3 rings (SSSR count). The molecule has 2 heterocycles. The van der Waals surface area contributed by atoms with Gasteiger partial charge < -0.3 is 9.47 Å². The number of carbonyl (C=O) groups excluding carboxylic acids is 1.